The first-order valence-electron chi connectivity index (χ1n) is 4.48. The average Bonchev–Trinajstić information content (AvgIpc) is 2.77. The van der Waals surface area contributed by atoms with E-state index in [2.05, 4.69) is 10.3 Å². The highest BCUT2D eigenvalue weighted by atomic mass is 16.4. The Hall–Kier alpha value is -1.55. The van der Waals surface area contributed by atoms with Crippen LogP contribution in [0.1, 0.15) is 17.2 Å². The van der Waals surface area contributed by atoms with Crippen LogP contribution in [0.15, 0.2) is 33.6 Å². The van der Waals surface area contributed by atoms with Crippen molar-refractivity contribution in [2.75, 3.05) is 0 Å². The summed E-state index contributed by atoms with van der Waals surface area (Å²) in [6, 6.07) is 1.92. The SMILES string of the molecule is Cc1cnc(CNCc2ccoc2)o1. The molecule has 74 valence electrons. The van der Waals surface area contributed by atoms with Gasteiger partial charge in [-0.3, -0.25) is 0 Å². The maximum Gasteiger partial charge on any atom is 0.208 e. The van der Waals surface area contributed by atoms with Crippen LogP contribution in [0.5, 0.6) is 0 Å². The summed E-state index contributed by atoms with van der Waals surface area (Å²) in [5.74, 6) is 1.55. The van der Waals surface area contributed by atoms with E-state index in [1.807, 2.05) is 13.0 Å². The molecule has 14 heavy (non-hydrogen) atoms. The Balaban J connectivity index is 1.78. The van der Waals surface area contributed by atoms with Gasteiger partial charge in [-0.2, -0.15) is 0 Å². The number of aryl methyl sites for hydroxylation is 1. The summed E-state index contributed by atoms with van der Waals surface area (Å²) < 4.78 is 10.2. The van der Waals surface area contributed by atoms with Crippen LogP contribution in [0.3, 0.4) is 0 Å². The van der Waals surface area contributed by atoms with Gasteiger partial charge in [0.2, 0.25) is 5.89 Å². The van der Waals surface area contributed by atoms with Crippen LogP contribution in [-0.2, 0) is 13.1 Å². The summed E-state index contributed by atoms with van der Waals surface area (Å²) in [6.07, 6.45) is 5.09. The van der Waals surface area contributed by atoms with Gasteiger partial charge in [0, 0.05) is 12.1 Å². The van der Waals surface area contributed by atoms with E-state index in [4.69, 9.17) is 8.83 Å². The molecule has 0 aromatic carbocycles. The molecular formula is C10H12N2O2. The first-order valence-corrected chi connectivity index (χ1v) is 4.48. The third-order valence-electron chi connectivity index (χ3n) is 1.85. The van der Waals surface area contributed by atoms with Crippen LogP contribution in [-0.4, -0.2) is 4.98 Å². The number of nitrogens with one attached hydrogen (secondary N) is 1. The van der Waals surface area contributed by atoms with Crippen molar-refractivity contribution in [1.82, 2.24) is 10.3 Å². The van der Waals surface area contributed by atoms with Gasteiger partial charge >= 0.3 is 0 Å². The van der Waals surface area contributed by atoms with E-state index in [-0.39, 0.29) is 0 Å². The highest BCUT2D eigenvalue weighted by Crippen LogP contribution is 2.02. The first kappa shape index (κ1) is 9.02. The van der Waals surface area contributed by atoms with Crippen LogP contribution >= 0.6 is 0 Å². The van der Waals surface area contributed by atoms with Crippen molar-refractivity contribution >= 4 is 0 Å². The fourth-order valence-electron chi connectivity index (χ4n) is 1.19. The molecule has 2 aromatic rings. The Bertz CT molecular complexity index is 378. The fourth-order valence-corrected chi connectivity index (χ4v) is 1.19. The molecule has 0 saturated heterocycles. The number of oxazole rings is 1. The van der Waals surface area contributed by atoms with Crippen molar-refractivity contribution in [3.8, 4) is 0 Å². The average molecular weight is 192 g/mol. The first-order chi connectivity index (χ1) is 6.84. The topological polar surface area (TPSA) is 51.2 Å². The predicted octanol–water partition coefficient (Wildman–Crippen LogP) is 1.87. The molecule has 0 radical (unpaired) electrons. The molecule has 2 rings (SSSR count). The van der Waals surface area contributed by atoms with Crippen molar-refractivity contribution < 1.29 is 8.83 Å². The van der Waals surface area contributed by atoms with Crippen LogP contribution < -0.4 is 5.32 Å². The Morgan fingerprint density at radius 2 is 2.36 bits per heavy atom. The minimum Gasteiger partial charge on any atom is -0.472 e. The Morgan fingerprint density at radius 3 is 3.00 bits per heavy atom. The molecule has 2 heterocycles. The van der Waals surface area contributed by atoms with Crippen LogP contribution in [0.2, 0.25) is 0 Å². The lowest BCUT2D eigenvalue weighted by molar-refractivity contribution is 0.448. The normalized spacial score (nSPS) is 10.6. The molecule has 0 saturated carbocycles. The van der Waals surface area contributed by atoms with Gasteiger partial charge in [-0.1, -0.05) is 0 Å². The molecule has 0 amide bonds. The molecule has 0 aliphatic carbocycles. The molecule has 0 atom stereocenters. The number of rotatable bonds is 4. The Labute approximate surface area is 81.9 Å². The summed E-state index contributed by atoms with van der Waals surface area (Å²) in [5, 5.41) is 3.20. The molecule has 1 N–H and O–H groups in total. The van der Waals surface area contributed by atoms with Crippen molar-refractivity contribution in [2.45, 2.75) is 20.0 Å². The molecule has 0 unspecified atom stereocenters. The fraction of sp³-hybridized carbons (Fsp3) is 0.300. The van der Waals surface area contributed by atoms with Crippen LogP contribution in [0.4, 0.5) is 0 Å². The summed E-state index contributed by atoms with van der Waals surface area (Å²) in [6.45, 7) is 3.28. The third-order valence-corrected chi connectivity index (χ3v) is 1.85. The highest BCUT2D eigenvalue weighted by Gasteiger charge is 1.99. The molecular weight excluding hydrogens is 180 g/mol. The van der Waals surface area contributed by atoms with Crippen molar-refractivity contribution in [3.05, 3.63) is 42.0 Å². The van der Waals surface area contributed by atoms with E-state index in [9.17, 15) is 0 Å². The largest absolute Gasteiger partial charge is 0.472 e. The molecule has 0 fully saturated rings. The van der Waals surface area contributed by atoms with Crippen molar-refractivity contribution in [3.63, 3.8) is 0 Å². The maximum atomic E-state index is 5.31. The number of hydrogen-bond donors (Lipinski definition) is 1. The highest BCUT2D eigenvalue weighted by molar-refractivity contribution is 5.04. The predicted molar refractivity (Wildman–Crippen MR) is 50.5 cm³/mol. The quantitative estimate of drug-likeness (QED) is 0.803. The lowest BCUT2D eigenvalue weighted by Crippen LogP contribution is -2.12. The zero-order chi connectivity index (χ0) is 9.80. The number of nitrogens with zero attached hydrogens (tertiary/aromatic N) is 1. The zero-order valence-corrected chi connectivity index (χ0v) is 7.99. The molecule has 4 heteroatoms. The maximum absolute atomic E-state index is 5.31. The van der Waals surface area contributed by atoms with E-state index in [1.165, 1.54) is 0 Å². The van der Waals surface area contributed by atoms with Gasteiger partial charge in [-0.25, -0.2) is 4.98 Å². The lowest BCUT2D eigenvalue weighted by Gasteiger charge is -1.97. The molecule has 2 aromatic heterocycles. The number of aromatic nitrogens is 1. The van der Waals surface area contributed by atoms with Gasteiger partial charge < -0.3 is 14.2 Å². The minimum atomic E-state index is 0.638. The van der Waals surface area contributed by atoms with Gasteiger partial charge in [0.25, 0.3) is 0 Å². The van der Waals surface area contributed by atoms with Gasteiger partial charge in [0.15, 0.2) is 0 Å². The Kier molecular flexibility index (Phi) is 2.65. The van der Waals surface area contributed by atoms with E-state index < -0.39 is 0 Å². The molecule has 4 nitrogen and oxygen atoms in total. The van der Waals surface area contributed by atoms with Gasteiger partial charge in [-0.15, -0.1) is 0 Å². The van der Waals surface area contributed by atoms with E-state index >= 15 is 0 Å². The lowest BCUT2D eigenvalue weighted by atomic mass is 10.3. The smallest absolute Gasteiger partial charge is 0.208 e. The van der Waals surface area contributed by atoms with Crippen LogP contribution in [0, 0.1) is 6.92 Å². The second-order valence-corrected chi connectivity index (χ2v) is 3.10. The van der Waals surface area contributed by atoms with E-state index in [1.54, 1.807) is 18.7 Å². The number of hydrogen-bond acceptors (Lipinski definition) is 4. The van der Waals surface area contributed by atoms with Gasteiger partial charge in [0.1, 0.15) is 5.76 Å². The summed E-state index contributed by atoms with van der Waals surface area (Å²) in [4.78, 5) is 4.08. The molecule has 0 aliphatic heterocycles. The second-order valence-electron chi connectivity index (χ2n) is 3.10. The van der Waals surface area contributed by atoms with Crippen molar-refractivity contribution in [1.29, 1.82) is 0 Å². The van der Waals surface area contributed by atoms with E-state index in [0.717, 1.165) is 17.9 Å². The standard InChI is InChI=1S/C10H12N2O2/c1-8-4-12-10(14-8)6-11-5-9-2-3-13-7-9/h2-4,7,11H,5-6H2,1H3. The van der Waals surface area contributed by atoms with Gasteiger partial charge in [-0.05, 0) is 13.0 Å². The monoisotopic (exact) mass is 192 g/mol. The molecule has 0 aliphatic rings. The summed E-state index contributed by atoms with van der Waals surface area (Å²) in [7, 11) is 0. The molecule has 0 bridgehead atoms. The van der Waals surface area contributed by atoms with Crippen molar-refractivity contribution in [2.24, 2.45) is 0 Å². The summed E-state index contributed by atoms with van der Waals surface area (Å²) in [5.41, 5.74) is 1.12. The van der Waals surface area contributed by atoms with Gasteiger partial charge in [0.05, 0.1) is 25.3 Å². The number of furan rings is 1. The second kappa shape index (κ2) is 4.11. The summed E-state index contributed by atoms with van der Waals surface area (Å²) >= 11 is 0. The minimum absolute atomic E-state index is 0.638. The third kappa shape index (κ3) is 2.23. The zero-order valence-electron chi connectivity index (χ0n) is 7.99. The Morgan fingerprint density at radius 1 is 1.43 bits per heavy atom. The molecule has 0 spiro atoms. The van der Waals surface area contributed by atoms with Crippen LogP contribution in [0.25, 0.3) is 0 Å². The van der Waals surface area contributed by atoms with E-state index in [0.29, 0.717) is 12.4 Å².